The minimum Gasteiger partial charge on any atom is -0.463 e. The van der Waals surface area contributed by atoms with Crippen molar-refractivity contribution in [1.82, 2.24) is 0 Å². The van der Waals surface area contributed by atoms with Crippen LogP contribution in [0.3, 0.4) is 0 Å². The summed E-state index contributed by atoms with van der Waals surface area (Å²) in [5.41, 5.74) is -4.08. The van der Waals surface area contributed by atoms with Crippen molar-refractivity contribution in [2.75, 3.05) is 6.61 Å². The Labute approximate surface area is 101 Å². The molecule has 1 aliphatic carbocycles. The maximum absolute atomic E-state index is 14.2. The van der Waals surface area contributed by atoms with E-state index >= 15 is 0 Å². The van der Waals surface area contributed by atoms with E-state index in [2.05, 4.69) is 4.74 Å². The lowest BCUT2D eigenvalue weighted by Gasteiger charge is -2.34. The van der Waals surface area contributed by atoms with Crippen LogP contribution < -0.4 is 0 Å². The standard InChI is InChI=1S/C11H14F4O3/c1-2-18-9(17)10(12,11(13,14)15)7-4-3-5-8(16)6-7/h7H,2-6H2,1H3. The number of rotatable bonds is 3. The van der Waals surface area contributed by atoms with Crippen LogP contribution in [0, 0.1) is 5.92 Å². The van der Waals surface area contributed by atoms with Gasteiger partial charge in [0, 0.05) is 18.8 Å². The number of alkyl halides is 4. The number of halogens is 4. The van der Waals surface area contributed by atoms with Gasteiger partial charge in [-0.1, -0.05) is 0 Å². The first-order chi connectivity index (χ1) is 8.23. The number of carbonyl (C=O) groups excluding carboxylic acids is 2. The molecule has 0 bridgehead atoms. The second kappa shape index (κ2) is 5.24. The molecule has 0 aromatic rings. The van der Waals surface area contributed by atoms with Crippen molar-refractivity contribution in [3.63, 3.8) is 0 Å². The summed E-state index contributed by atoms with van der Waals surface area (Å²) in [5, 5.41) is 0. The summed E-state index contributed by atoms with van der Waals surface area (Å²) in [5.74, 6) is -4.09. The van der Waals surface area contributed by atoms with E-state index in [1.54, 1.807) is 0 Å². The van der Waals surface area contributed by atoms with Gasteiger partial charge < -0.3 is 4.74 Å². The van der Waals surface area contributed by atoms with E-state index in [1.807, 2.05) is 0 Å². The quantitative estimate of drug-likeness (QED) is 0.584. The number of Topliss-reactive ketones (excluding diaryl/α,β-unsaturated/α-hetero) is 1. The maximum Gasteiger partial charge on any atom is 0.433 e. The van der Waals surface area contributed by atoms with Crippen LogP contribution in [0.1, 0.15) is 32.6 Å². The molecule has 0 aromatic heterocycles. The van der Waals surface area contributed by atoms with Gasteiger partial charge in [-0.05, 0) is 19.8 Å². The molecule has 18 heavy (non-hydrogen) atoms. The molecule has 2 atom stereocenters. The monoisotopic (exact) mass is 270 g/mol. The van der Waals surface area contributed by atoms with Crippen LogP contribution >= 0.6 is 0 Å². The van der Waals surface area contributed by atoms with Crippen molar-refractivity contribution in [2.45, 2.75) is 44.5 Å². The lowest BCUT2D eigenvalue weighted by atomic mass is 9.77. The SMILES string of the molecule is CCOC(=O)C(F)(C1CCCC(=O)C1)C(F)(F)F. The third-order valence-electron chi connectivity index (χ3n) is 3.03. The Kier molecular flexibility index (Phi) is 4.34. The summed E-state index contributed by atoms with van der Waals surface area (Å²) in [4.78, 5) is 22.4. The molecule has 0 radical (unpaired) electrons. The van der Waals surface area contributed by atoms with Gasteiger partial charge in [0.2, 0.25) is 0 Å². The highest BCUT2D eigenvalue weighted by atomic mass is 19.4. The van der Waals surface area contributed by atoms with Crippen molar-refractivity contribution in [1.29, 1.82) is 0 Å². The zero-order valence-electron chi connectivity index (χ0n) is 9.85. The highest BCUT2D eigenvalue weighted by molar-refractivity contribution is 5.84. The first-order valence-electron chi connectivity index (χ1n) is 5.68. The minimum absolute atomic E-state index is 0.132. The predicted molar refractivity (Wildman–Crippen MR) is 53.5 cm³/mol. The van der Waals surface area contributed by atoms with Gasteiger partial charge in [-0.3, -0.25) is 4.79 Å². The van der Waals surface area contributed by atoms with Crippen molar-refractivity contribution in [3.8, 4) is 0 Å². The summed E-state index contributed by atoms with van der Waals surface area (Å²) in [7, 11) is 0. The molecule has 1 fully saturated rings. The lowest BCUT2D eigenvalue weighted by molar-refractivity contribution is -0.254. The van der Waals surface area contributed by atoms with Crippen LogP contribution in [-0.4, -0.2) is 30.2 Å². The summed E-state index contributed by atoms with van der Waals surface area (Å²) < 4.78 is 56.8. The van der Waals surface area contributed by atoms with Crippen LogP contribution in [0.15, 0.2) is 0 Å². The van der Waals surface area contributed by atoms with Crippen molar-refractivity contribution >= 4 is 11.8 Å². The lowest BCUT2D eigenvalue weighted by Crippen LogP contribution is -2.55. The fourth-order valence-corrected chi connectivity index (χ4v) is 2.11. The number of ketones is 1. The third kappa shape index (κ3) is 2.64. The Balaban J connectivity index is 3.04. The molecule has 1 rings (SSSR count). The zero-order valence-corrected chi connectivity index (χ0v) is 9.85. The number of hydrogen-bond donors (Lipinski definition) is 0. The molecule has 7 heteroatoms. The van der Waals surface area contributed by atoms with Crippen LogP contribution in [-0.2, 0) is 14.3 Å². The van der Waals surface area contributed by atoms with E-state index in [4.69, 9.17) is 0 Å². The Morgan fingerprint density at radius 1 is 1.39 bits per heavy atom. The van der Waals surface area contributed by atoms with Gasteiger partial charge in [-0.15, -0.1) is 0 Å². The number of esters is 1. The highest BCUT2D eigenvalue weighted by Crippen LogP contribution is 2.45. The summed E-state index contributed by atoms with van der Waals surface area (Å²) in [6.45, 7) is 0.946. The van der Waals surface area contributed by atoms with E-state index in [-0.39, 0.29) is 25.9 Å². The fourth-order valence-electron chi connectivity index (χ4n) is 2.11. The van der Waals surface area contributed by atoms with Gasteiger partial charge >= 0.3 is 17.8 Å². The Morgan fingerprint density at radius 2 is 2.00 bits per heavy atom. The molecular formula is C11H14F4O3. The van der Waals surface area contributed by atoms with Gasteiger partial charge in [0.1, 0.15) is 5.78 Å². The molecule has 2 unspecified atom stereocenters. The summed E-state index contributed by atoms with van der Waals surface area (Å²) >= 11 is 0. The van der Waals surface area contributed by atoms with Crippen LogP contribution in [0.4, 0.5) is 17.6 Å². The summed E-state index contributed by atoms with van der Waals surface area (Å²) in [6, 6.07) is 0. The summed E-state index contributed by atoms with van der Waals surface area (Å²) in [6.07, 6.45) is -5.81. The molecule has 0 aliphatic heterocycles. The molecule has 104 valence electrons. The van der Waals surface area contributed by atoms with Gasteiger partial charge in [-0.2, -0.15) is 13.2 Å². The Hall–Kier alpha value is -1.14. The zero-order chi connectivity index (χ0) is 14.0. The molecule has 1 saturated carbocycles. The van der Waals surface area contributed by atoms with E-state index < -0.39 is 35.9 Å². The predicted octanol–water partition coefficient (Wildman–Crippen LogP) is 2.58. The Morgan fingerprint density at radius 3 is 2.44 bits per heavy atom. The fraction of sp³-hybridized carbons (Fsp3) is 0.818. The molecule has 0 heterocycles. The van der Waals surface area contributed by atoms with Gasteiger partial charge in [0.25, 0.3) is 0 Å². The number of ether oxygens (including phenoxy) is 1. The molecule has 3 nitrogen and oxygen atoms in total. The molecule has 0 amide bonds. The van der Waals surface area contributed by atoms with Crippen LogP contribution in [0.2, 0.25) is 0 Å². The van der Waals surface area contributed by atoms with Crippen molar-refractivity contribution < 1.29 is 31.9 Å². The average molecular weight is 270 g/mol. The Bertz CT molecular complexity index is 340. The normalized spacial score (nSPS) is 24.5. The second-order valence-electron chi connectivity index (χ2n) is 4.26. The highest BCUT2D eigenvalue weighted by Gasteiger charge is 2.67. The minimum atomic E-state index is -5.37. The number of hydrogen-bond acceptors (Lipinski definition) is 3. The van der Waals surface area contributed by atoms with Gasteiger partial charge in [0.15, 0.2) is 0 Å². The second-order valence-corrected chi connectivity index (χ2v) is 4.26. The first kappa shape index (κ1) is 14.9. The van der Waals surface area contributed by atoms with Crippen LogP contribution in [0.25, 0.3) is 0 Å². The average Bonchev–Trinajstić information content (AvgIpc) is 2.26. The molecule has 0 saturated heterocycles. The van der Waals surface area contributed by atoms with E-state index in [0.29, 0.717) is 0 Å². The molecule has 0 N–H and O–H groups in total. The largest absolute Gasteiger partial charge is 0.463 e. The smallest absolute Gasteiger partial charge is 0.433 e. The van der Waals surface area contributed by atoms with E-state index in [1.165, 1.54) is 6.92 Å². The number of carbonyl (C=O) groups is 2. The topological polar surface area (TPSA) is 43.4 Å². The van der Waals surface area contributed by atoms with Gasteiger partial charge in [-0.25, -0.2) is 9.18 Å². The van der Waals surface area contributed by atoms with E-state index in [9.17, 15) is 27.2 Å². The maximum atomic E-state index is 14.2. The molecule has 1 aliphatic rings. The first-order valence-corrected chi connectivity index (χ1v) is 5.68. The van der Waals surface area contributed by atoms with Gasteiger partial charge in [0.05, 0.1) is 6.61 Å². The van der Waals surface area contributed by atoms with Crippen molar-refractivity contribution in [2.24, 2.45) is 5.92 Å². The third-order valence-corrected chi connectivity index (χ3v) is 3.03. The molecule has 0 spiro atoms. The van der Waals surface area contributed by atoms with Crippen molar-refractivity contribution in [3.05, 3.63) is 0 Å². The van der Waals surface area contributed by atoms with Crippen LogP contribution in [0.5, 0.6) is 0 Å². The molecular weight excluding hydrogens is 256 g/mol. The van der Waals surface area contributed by atoms with E-state index in [0.717, 1.165) is 0 Å². The molecule has 0 aromatic carbocycles.